The molecule has 1 fully saturated rings. The van der Waals surface area contributed by atoms with Crippen LogP contribution in [-0.2, 0) is 4.79 Å². The first-order valence-corrected chi connectivity index (χ1v) is 6.14. The number of nitrogens with zero attached hydrogens (tertiary/aromatic N) is 1. The summed E-state index contributed by atoms with van der Waals surface area (Å²) in [5.74, 6) is -0.960. The zero-order chi connectivity index (χ0) is 13.1. The van der Waals surface area contributed by atoms with Crippen LogP contribution in [0.3, 0.4) is 0 Å². The van der Waals surface area contributed by atoms with Gasteiger partial charge in [-0.05, 0) is 18.3 Å². The van der Waals surface area contributed by atoms with Crippen LogP contribution in [0.1, 0.15) is 40.0 Å². The van der Waals surface area contributed by atoms with E-state index in [1.165, 1.54) is 0 Å². The third-order valence-corrected chi connectivity index (χ3v) is 3.14. The molecule has 1 aliphatic rings. The van der Waals surface area contributed by atoms with Crippen molar-refractivity contribution < 1.29 is 14.7 Å². The summed E-state index contributed by atoms with van der Waals surface area (Å²) in [4.78, 5) is 24.5. The van der Waals surface area contributed by atoms with Crippen molar-refractivity contribution in [2.45, 2.75) is 46.1 Å². The predicted molar refractivity (Wildman–Crippen MR) is 64.8 cm³/mol. The highest BCUT2D eigenvalue weighted by atomic mass is 16.4. The molecule has 1 heterocycles. The lowest BCUT2D eigenvalue weighted by molar-refractivity contribution is -0.139. The molecule has 1 atom stereocenters. The largest absolute Gasteiger partial charge is 0.480 e. The molecule has 1 saturated heterocycles. The topological polar surface area (TPSA) is 69.6 Å². The van der Waals surface area contributed by atoms with Crippen molar-refractivity contribution in [1.29, 1.82) is 0 Å². The SMILES string of the molecule is CCC[C@H](NC(=O)N1CCC(C)(C)C1)C(=O)O. The van der Waals surface area contributed by atoms with Crippen molar-refractivity contribution in [2.75, 3.05) is 13.1 Å². The molecular weight excluding hydrogens is 220 g/mol. The Morgan fingerprint density at radius 2 is 2.12 bits per heavy atom. The van der Waals surface area contributed by atoms with Gasteiger partial charge in [-0.25, -0.2) is 9.59 Å². The van der Waals surface area contributed by atoms with Crippen molar-refractivity contribution in [3.05, 3.63) is 0 Å². The van der Waals surface area contributed by atoms with Gasteiger partial charge in [0.15, 0.2) is 0 Å². The van der Waals surface area contributed by atoms with Crippen LogP contribution in [0.4, 0.5) is 4.79 Å². The van der Waals surface area contributed by atoms with Crippen molar-refractivity contribution in [3.8, 4) is 0 Å². The van der Waals surface area contributed by atoms with Crippen molar-refractivity contribution in [1.82, 2.24) is 10.2 Å². The number of carbonyl (C=O) groups is 2. The lowest BCUT2D eigenvalue weighted by Gasteiger charge is -2.22. The third kappa shape index (κ3) is 3.91. The number of likely N-dealkylation sites (tertiary alicyclic amines) is 1. The highest BCUT2D eigenvalue weighted by Crippen LogP contribution is 2.28. The van der Waals surface area contributed by atoms with Crippen molar-refractivity contribution in [3.63, 3.8) is 0 Å². The second-order valence-electron chi connectivity index (χ2n) is 5.46. The van der Waals surface area contributed by atoms with Gasteiger partial charge in [-0.3, -0.25) is 0 Å². The summed E-state index contributed by atoms with van der Waals surface area (Å²) in [6, 6.07) is -1.02. The molecular formula is C12H22N2O3. The predicted octanol–water partition coefficient (Wildman–Crippen LogP) is 1.68. The first-order chi connectivity index (χ1) is 7.85. The molecule has 17 heavy (non-hydrogen) atoms. The molecule has 5 nitrogen and oxygen atoms in total. The maximum Gasteiger partial charge on any atom is 0.326 e. The van der Waals surface area contributed by atoms with Crippen LogP contribution in [0.5, 0.6) is 0 Å². The molecule has 98 valence electrons. The molecule has 0 radical (unpaired) electrons. The van der Waals surface area contributed by atoms with Crippen LogP contribution < -0.4 is 5.32 Å². The number of aliphatic carboxylic acids is 1. The molecule has 2 N–H and O–H groups in total. The van der Waals surface area contributed by atoms with Gasteiger partial charge in [0, 0.05) is 13.1 Å². The number of amides is 2. The Bertz CT molecular complexity index is 302. The number of carboxylic acids is 1. The van der Waals surface area contributed by atoms with E-state index in [0.717, 1.165) is 12.8 Å². The maximum absolute atomic E-state index is 11.9. The van der Waals surface area contributed by atoms with E-state index in [4.69, 9.17) is 5.11 Å². The number of rotatable bonds is 4. The van der Waals surface area contributed by atoms with Gasteiger partial charge >= 0.3 is 12.0 Å². The molecule has 0 aromatic rings. The second kappa shape index (κ2) is 5.38. The summed E-state index contributed by atoms with van der Waals surface area (Å²) in [6.45, 7) is 7.53. The molecule has 1 aliphatic heterocycles. The molecule has 0 saturated carbocycles. The average Bonchev–Trinajstić information content (AvgIpc) is 2.58. The summed E-state index contributed by atoms with van der Waals surface area (Å²) >= 11 is 0. The van der Waals surface area contributed by atoms with Crippen LogP contribution in [-0.4, -0.2) is 41.1 Å². The van der Waals surface area contributed by atoms with Crippen molar-refractivity contribution in [2.24, 2.45) is 5.41 Å². The minimum Gasteiger partial charge on any atom is -0.480 e. The first-order valence-electron chi connectivity index (χ1n) is 6.14. The fourth-order valence-electron chi connectivity index (χ4n) is 2.07. The number of carbonyl (C=O) groups excluding carboxylic acids is 1. The van der Waals surface area contributed by atoms with E-state index in [1.54, 1.807) is 4.90 Å². The quantitative estimate of drug-likeness (QED) is 0.788. The molecule has 0 bridgehead atoms. The number of hydrogen-bond donors (Lipinski definition) is 2. The van der Waals surface area contributed by atoms with Crippen LogP contribution in [0, 0.1) is 5.41 Å². The zero-order valence-electron chi connectivity index (χ0n) is 10.8. The molecule has 0 aromatic heterocycles. The van der Waals surface area contributed by atoms with E-state index in [1.807, 2.05) is 6.92 Å². The van der Waals surface area contributed by atoms with E-state index >= 15 is 0 Å². The highest BCUT2D eigenvalue weighted by molar-refractivity contribution is 5.82. The van der Waals surface area contributed by atoms with Crippen LogP contribution in [0.2, 0.25) is 0 Å². The van der Waals surface area contributed by atoms with Crippen LogP contribution in [0.15, 0.2) is 0 Å². The summed E-state index contributed by atoms with van der Waals surface area (Å²) in [7, 11) is 0. The van der Waals surface area contributed by atoms with Gasteiger partial charge < -0.3 is 15.3 Å². The van der Waals surface area contributed by atoms with Gasteiger partial charge in [0.25, 0.3) is 0 Å². The van der Waals surface area contributed by atoms with Gasteiger partial charge in [-0.2, -0.15) is 0 Å². The summed E-state index contributed by atoms with van der Waals surface area (Å²) in [5, 5.41) is 11.6. The molecule has 0 unspecified atom stereocenters. The minimum absolute atomic E-state index is 0.140. The minimum atomic E-state index is -0.960. The number of hydrogen-bond acceptors (Lipinski definition) is 2. The Morgan fingerprint density at radius 1 is 1.47 bits per heavy atom. The Labute approximate surface area is 102 Å². The second-order valence-corrected chi connectivity index (χ2v) is 5.46. The van der Waals surface area contributed by atoms with Gasteiger partial charge in [0.2, 0.25) is 0 Å². The Balaban J connectivity index is 2.51. The first kappa shape index (κ1) is 13.8. The number of carboxylic acid groups (broad SMARTS) is 1. The van der Waals surface area contributed by atoms with E-state index in [9.17, 15) is 9.59 Å². The summed E-state index contributed by atoms with van der Waals surface area (Å²) in [5.41, 5.74) is 0.140. The average molecular weight is 242 g/mol. The van der Waals surface area contributed by atoms with E-state index < -0.39 is 12.0 Å². The van der Waals surface area contributed by atoms with Crippen molar-refractivity contribution >= 4 is 12.0 Å². The number of urea groups is 1. The fourth-order valence-corrected chi connectivity index (χ4v) is 2.07. The van der Waals surface area contributed by atoms with Gasteiger partial charge in [0.05, 0.1) is 0 Å². The monoisotopic (exact) mass is 242 g/mol. The summed E-state index contributed by atoms with van der Waals surface area (Å²) in [6.07, 6.45) is 2.17. The Morgan fingerprint density at radius 3 is 2.53 bits per heavy atom. The van der Waals surface area contributed by atoms with Gasteiger partial charge in [-0.15, -0.1) is 0 Å². The fraction of sp³-hybridized carbons (Fsp3) is 0.833. The van der Waals surface area contributed by atoms with Crippen LogP contribution >= 0.6 is 0 Å². The van der Waals surface area contributed by atoms with Gasteiger partial charge in [-0.1, -0.05) is 27.2 Å². The zero-order valence-corrected chi connectivity index (χ0v) is 10.8. The highest BCUT2D eigenvalue weighted by Gasteiger charge is 2.33. The lowest BCUT2D eigenvalue weighted by atomic mass is 9.93. The number of nitrogens with one attached hydrogen (secondary N) is 1. The normalized spacial score (nSPS) is 20.1. The standard InChI is InChI=1S/C12H22N2O3/c1-4-5-9(10(15)16)13-11(17)14-7-6-12(2,3)8-14/h9H,4-8H2,1-3H3,(H,13,17)(H,15,16)/t9-/m0/s1. The molecule has 0 aromatic carbocycles. The van der Waals surface area contributed by atoms with Crippen LogP contribution in [0.25, 0.3) is 0 Å². The molecule has 0 spiro atoms. The lowest BCUT2D eigenvalue weighted by Crippen LogP contribution is -2.47. The van der Waals surface area contributed by atoms with E-state index in [0.29, 0.717) is 19.5 Å². The maximum atomic E-state index is 11.9. The Kier molecular flexibility index (Phi) is 4.37. The summed E-state index contributed by atoms with van der Waals surface area (Å²) < 4.78 is 0. The van der Waals surface area contributed by atoms with Gasteiger partial charge in [0.1, 0.15) is 6.04 Å². The molecule has 2 amide bonds. The van der Waals surface area contributed by atoms with E-state index in [2.05, 4.69) is 19.2 Å². The third-order valence-electron chi connectivity index (χ3n) is 3.14. The molecule has 1 rings (SSSR count). The smallest absolute Gasteiger partial charge is 0.326 e. The molecule has 0 aliphatic carbocycles. The molecule has 5 heteroatoms. The Hall–Kier alpha value is -1.26. The van der Waals surface area contributed by atoms with E-state index in [-0.39, 0.29) is 11.4 Å².